The number of alkyl halides is 3. The smallest absolute Gasteiger partial charge is 0.417 e. The zero-order valence-corrected chi connectivity index (χ0v) is 18.6. The van der Waals surface area contributed by atoms with E-state index in [0.717, 1.165) is 30.7 Å². The number of rotatable bonds is 6. The number of benzene rings is 2. The Hall–Kier alpha value is -3.38. The quantitative estimate of drug-likeness (QED) is 0.389. The van der Waals surface area contributed by atoms with Crippen molar-refractivity contribution in [3.63, 3.8) is 0 Å². The summed E-state index contributed by atoms with van der Waals surface area (Å²) in [6, 6.07) is 5.90. The number of aromatic nitrogens is 1. The Bertz CT molecular complexity index is 1470. The van der Waals surface area contributed by atoms with Gasteiger partial charge in [-0.25, -0.2) is 18.4 Å². The molecule has 0 saturated carbocycles. The van der Waals surface area contributed by atoms with Crippen molar-refractivity contribution in [3.8, 4) is 17.2 Å². The summed E-state index contributed by atoms with van der Waals surface area (Å²) in [7, 11) is -6.31. The molecule has 0 aliphatic carbocycles. The fraction of sp³-hybridized carbons (Fsp3) is 0.143. The van der Waals surface area contributed by atoms with Crippen LogP contribution >= 0.6 is 11.6 Å². The summed E-state index contributed by atoms with van der Waals surface area (Å²) in [4.78, 5) is 16.8. The molecule has 3 rings (SSSR count). The van der Waals surface area contributed by atoms with Crippen molar-refractivity contribution in [2.24, 2.45) is 0 Å². The number of anilines is 1. The third kappa shape index (κ3) is 5.75. The Kier molecular flexibility index (Phi) is 5.90. The molecule has 0 radical (unpaired) electrons. The topological polar surface area (TPSA) is 101 Å². The van der Waals surface area contributed by atoms with Crippen LogP contribution in [0.3, 0.4) is 0 Å². The van der Waals surface area contributed by atoms with E-state index < -0.39 is 68.1 Å². The summed E-state index contributed by atoms with van der Waals surface area (Å²) in [6.45, 7) is 0. The summed E-state index contributed by atoms with van der Waals surface area (Å²) in [5, 5.41) is 1.35. The van der Waals surface area contributed by atoms with Crippen LogP contribution < -0.4 is 14.8 Å². The minimum atomic E-state index is -4.96. The van der Waals surface area contributed by atoms with Crippen molar-refractivity contribution in [2.75, 3.05) is 18.6 Å². The van der Waals surface area contributed by atoms with Crippen molar-refractivity contribution in [1.82, 2.24) is 4.98 Å². The fourth-order valence-electron chi connectivity index (χ4n) is 2.70. The molecule has 0 unspecified atom stereocenters. The lowest BCUT2D eigenvalue weighted by atomic mass is 10.1. The average Bonchev–Trinajstić information content (AvgIpc) is 2.74. The van der Waals surface area contributed by atoms with Crippen molar-refractivity contribution < 1.29 is 40.2 Å². The maximum atomic E-state index is 13.7. The van der Waals surface area contributed by atoms with E-state index in [4.69, 9.17) is 25.2 Å². The SMILES string of the molecule is [2H]C([2H])([2H])Oc1cc(F)ccc1Oc1cc(C(F)(F)F)c(Cl)cc1C(=O)Nc1ccnc([S@](C)(=N)=O)c1. The van der Waals surface area contributed by atoms with E-state index in [1.54, 1.807) is 0 Å². The number of carbonyl (C=O) groups excluding carboxylic acids is 1. The number of nitrogens with one attached hydrogen (secondary N) is 2. The van der Waals surface area contributed by atoms with Gasteiger partial charge < -0.3 is 14.8 Å². The summed E-state index contributed by atoms with van der Waals surface area (Å²) < 4.78 is 106. The summed E-state index contributed by atoms with van der Waals surface area (Å²) in [6.07, 6.45) is -2.69. The zero-order chi connectivity index (χ0) is 27.8. The minimum Gasteiger partial charge on any atom is -0.493 e. The van der Waals surface area contributed by atoms with Crippen molar-refractivity contribution in [1.29, 1.82) is 4.78 Å². The predicted octanol–water partition coefficient (Wildman–Crippen LogP) is 5.98. The lowest BCUT2D eigenvalue weighted by molar-refractivity contribution is -0.137. The second kappa shape index (κ2) is 9.47. The Labute approximate surface area is 200 Å². The van der Waals surface area contributed by atoms with Crippen molar-refractivity contribution >= 4 is 32.9 Å². The molecule has 13 heteroatoms. The number of halogens is 5. The van der Waals surface area contributed by atoms with Gasteiger partial charge >= 0.3 is 6.18 Å². The van der Waals surface area contributed by atoms with Crippen LogP contribution in [0.25, 0.3) is 0 Å². The van der Waals surface area contributed by atoms with Gasteiger partial charge in [-0.1, -0.05) is 11.6 Å². The minimum absolute atomic E-state index is 0.00648. The molecule has 1 heterocycles. The number of pyridine rings is 1. The number of carbonyl (C=O) groups is 1. The van der Waals surface area contributed by atoms with E-state index >= 15 is 0 Å². The van der Waals surface area contributed by atoms with Crippen LogP contribution in [-0.4, -0.2) is 28.4 Å². The first kappa shape index (κ1) is 21.2. The molecule has 1 amide bonds. The van der Waals surface area contributed by atoms with Crippen LogP contribution in [0, 0.1) is 10.6 Å². The van der Waals surface area contributed by atoms with Gasteiger partial charge in [0.2, 0.25) is 0 Å². The van der Waals surface area contributed by atoms with Gasteiger partial charge in [-0.05, 0) is 36.4 Å². The van der Waals surface area contributed by atoms with Gasteiger partial charge in [-0.3, -0.25) is 4.79 Å². The molecule has 0 aliphatic heterocycles. The molecule has 0 bridgehead atoms. The predicted molar refractivity (Wildman–Crippen MR) is 117 cm³/mol. The average molecular weight is 521 g/mol. The summed E-state index contributed by atoms with van der Waals surface area (Å²) in [5.74, 6) is -3.84. The molecule has 0 saturated heterocycles. The molecule has 1 atom stereocenters. The van der Waals surface area contributed by atoms with Crippen LogP contribution in [0.5, 0.6) is 17.2 Å². The van der Waals surface area contributed by atoms with Crippen LogP contribution in [-0.2, 0) is 15.9 Å². The van der Waals surface area contributed by atoms with E-state index in [-0.39, 0.29) is 10.7 Å². The number of hydrogen-bond donors (Lipinski definition) is 2. The van der Waals surface area contributed by atoms with Crippen LogP contribution in [0.1, 0.15) is 20.0 Å². The molecule has 0 fully saturated rings. The largest absolute Gasteiger partial charge is 0.493 e. The normalized spacial score (nSPS) is 14.8. The second-order valence-electron chi connectivity index (χ2n) is 6.80. The van der Waals surface area contributed by atoms with E-state index in [1.165, 1.54) is 6.07 Å². The Morgan fingerprint density at radius 1 is 1.18 bits per heavy atom. The highest BCUT2D eigenvalue weighted by molar-refractivity contribution is 7.91. The van der Waals surface area contributed by atoms with E-state index in [1.807, 2.05) is 0 Å². The first-order valence-electron chi connectivity index (χ1n) is 10.5. The van der Waals surface area contributed by atoms with Crippen LogP contribution in [0.4, 0.5) is 23.2 Å². The van der Waals surface area contributed by atoms with Gasteiger partial charge in [0, 0.05) is 24.2 Å². The van der Waals surface area contributed by atoms with Crippen molar-refractivity contribution in [2.45, 2.75) is 11.2 Å². The molecule has 0 spiro atoms. The number of nitrogens with zero attached hydrogens (tertiary/aromatic N) is 1. The standard InChI is InChI=1S/C21H16ClF4N3O4S/c1-32-18-7-11(23)3-4-16(18)33-17-10-14(21(24,25)26)15(22)9-13(17)20(30)29-12-5-6-28-19(8-12)34(2,27)31/h3-10,27H,1-2H3,(H,28,29,30)/t34-/m1/s1/i1D3. The molecule has 1 aromatic heterocycles. The zero-order valence-electron chi connectivity index (χ0n) is 20.0. The van der Waals surface area contributed by atoms with Gasteiger partial charge in [0.1, 0.15) is 16.6 Å². The summed E-state index contributed by atoms with van der Waals surface area (Å²) >= 11 is 5.78. The Morgan fingerprint density at radius 2 is 1.91 bits per heavy atom. The molecule has 7 nitrogen and oxygen atoms in total. The van der Waals surface area contributed by atoms with Gasteiger partial charge in [0.05, 0.1) is 37.0 Å². The lowest BCUT2D eigenvalue weighted by Crippen LogP contribution is -2.15. The molecule has 2 N–H and O–H groups in total. The fourth-order valence-corrected chi connectivity index (χ4v) is 3.58. The highest BCUT2D eigenvalue weighted by atomic mass is 35.5. The molecule has 34 heavy (non-hydrogen) atoms. The number of amides is 1. The van der Waals surface area contributed by atoms with Gasteiger partial charge in [-0.15, -0.1) is 0 Å². The first-order valence-corrected chi connectivity index (χ1v) is 11.4. The monoisotopic (exact) mass is 520 g/mol. The Morgan fingerprint density at radius 3 is 2.56 bits per heavy atom. The lowest BCUT2D eigenvalue weighted by Gasteiger charge is -2.17. The highest BCUT2D eigenvalue weighted by Gasteiger charge is 2.35. The van der Waals surface area contributed by atoms with Gasteiger partial charge in [0.25, 0.3) is 5.91 Å². The first-order chi connectivity index (χ1) is 16.9. The molecule has 2 aromatic carbocycles. The molecule has 180 valence electrons. The maximum absolute atomic E-state index is 13.7. The van der Waals surface area contributed by atoms with E-state index in [9.17, 15) is 26.6 Å². The highest BCUT2D eigenvalue weighted by Crippen LogP contribution is 2.41. The number of methoxy groups -OCH3 is 1. The van der Waals surface area contributed by atoms with Crippen LogP contribution in [0.15, 0.2) is 53.7 Å². The van der Waals surface area contributed by atoms with Crippen LogP contribution in [0.2, 0.25) is 5.02 Å². The maximum Gasteiger partial charge on any atom is 0.417 e. The van der Waals surface area contributed by atoms with E-state index in [2.05, 4.69) is 15.0 Å². The van der Waals surface area contributed by atoms with Gasteiger partial charge in [-0.2, -0.15) is 13.2 Å². The Balaban J connectivity index is 2.10. The van der Waals surface area contributed by atoms with Crippen molar-refractivity contribution in [3.05, 3.63) is 70.6 Å². The third-order valence-electron chi connectivity index (χ3n) is 4.25. The van der Waals surface area contributed by atoms with Gasteiger partial charge in [0.15, 0.2) is 11.5 Å². The molecule has 3 aromatic rings. The number of hydrogen-bond acceptors (Lipinski definition) is 6. The summed E-state index contributed by atoms with van der Waals surface area (Å²) in [5.41, 5.74) is -1.89. The molecule has 0 aliphatic rings. The number of ether oxygens (including phenoxy) is 2. The molecular weight excluding hydrogens is 502 g/mol. The van der Waals surface area contributed by atoms with E-state index in [0.29, 0.717) is 18.2 Å². The molecular formula is C21H16ClF4N3O4S. The third-order valence-corrected chi connectivity index (χ3v) is 5.58. The second-order valence-corrected chi connectivity index (χ2v) is 9.31.